The number of H-pyrrole nitrogens is 1. The number of methoxy groups -OCH3 is 1. The van der Waals surface area contributed by atoms with E-state index in [1.807, 2.05) is 12.1 Å². The zero-order valence-corrected chi connectivity index (χ0v) is 14.5. The smallest absolute Gasteiger partial charge is 0.130 e. The number of aryl methyl sites for hydroxylation is 1. The minimum absolute atomic E-state index is 0. The third-order valence-corrected chi connectivity index (χ3v) is 4.32. The zero-order chi connectivity index (χ0) is 15.8. The van der Waals surface area contributed by atoms with Crippen molar-refractivity contribution in [3.05, 3.63) is 53.7 Å². The summed E-state index contributed by atoms with van der Waals surface area (Å²) < 4.78 is 5.24. The van der Waals surface area contributed by atoms with Crippen LogP contribution in [0.4, 0.5) is 0 Å². The summed E-state index contributed by atoms with van der Waals surface area (Å²) in [5.41, 5.74) is 5.86. The second-order valence-corrected chi connectivity index (χ2v) is 5.77. The van der Waals surface area contributed by atoms with E-state index in [1.54, 1.807) is 7.11 Å². The van der Waals surface area contributed by atoms with E-state index in [0.717, 1.165) is 35.9 Å². The molecular formula is C19H20ClN3O. The molecule has 0 spiro atoms. The van der Waals surface area contributed by atoms with Crippen molar-refractivity contribution >= 4 is 29.1 Å². The lowest BCUT2D eigenvalue weighted by Gasteiger charge is -2.06. The molecule has 0 atom stereocenters. The summed E-state index contributed by atoms with van der Waals surface area (Å²) in [6.07, 6.45) is 0. The Morgan fingerprint density at radius 2 is 1.79 bits per heavy atom. The maximum atomic E-state index is 5.24. The standard InChI is InChI=1S/C19H19N3O.ClH/c1-12-18(19-20-9-10-21-19)16-11-14(5-8-17(16)22-12)13-3-6-15(23-2)7-4-13;/h3-8,11,22H,9-10H2,1-2H3,(H,20,21);1H. The highest BCUT2D eigenvalue weighted by Gasteiger charge is 2.17. The monoisotopic (exact) mass is 341 g/mol. The van der Waals surface area contributed by atoms with Crippen LogP contribution in [-0.4, -0.2) is 31.0 Å². The molecule has 0 fully saturated rings. The number of aliphatic imine (C=N–C) groups is 1. The van der Waals surface area contributed by atoms with Crippen molar-refractivity contribution in [1.29, 1.82) is 0 Å². The molecule has 1 aliphatic rings. The van der Waals surface area contributed by atoms with Crippen LogP contribution in [0.25, 0.3) is 22.0 Å². The van der Waals surface area contributed by atoms with E-state index in [1.165, 1.54) is 22.1 Å². The van der Waals surface area contributed by atoms with E-state index in [4.69, 9.17) is 4.74 Å². The highest BCUT2D eigenvalue weighted by atomic mass is 35.5. The lowest BCUT2D eigenvalue weighted by molar-refractivity contribution is 0.415. The number of amidine groups is 1. The Morgan fingerprint density at radius 1 is 1.04 bits per heavy atom. The van der Waals surface area contributed by atoms with Gasteiger partial charge in [-0.3, -0.25) is 4.99 Å². The Hall–Kier alpha value is -2.46. The van der Waals surface area contributed by atoms with E-state index in [9.17, 15) is 0 Å². The molecule has 2 heterocycles. The van der Waals surface area contributed by atoms with Crippen LogP contribution in [0.15, 0.2) is 47.5 Å². The van der Waals surface area contributed by atoms with Crippen molar-refractivity contribution in [2.75, 3.05) is 20.2 Å². The van der Waals surface area contributed by atoms with Crippen molar-refractivity contribution in [3.63, 3.8) is 0 Å². The van der Waals surface area contributed by atoms with Gasteiger partial charge in [0.2, 0.25) is 0 Å². The van der Waals surface area contributed by atoms with E-state index in [-0.39, 0.29) is 12.4 Å². The molecule has 4 nitrogen and oxygen atoms in total. The van der Waals surface area contributed by atoms with Crippen molar-refractivity contribution in [2.45, 2.75) is 6.92 Å². The number of aromatic amines is 1. The average molecular weight is 342 g/mol. The number of hydrogen-bond donors (Lipinski definition) is 2. The van der Waals surface area contributed by atoms with E-state index in [0.29, 0.717) is 0 Å². The predicted octanol–water partition coefficient (Wildman–Crippen LogP) is 3.92. The highest BCUT2D eigenvalue weighted by molar-refractivity contribution is 6.12. The van der Waals surface area contributed by atoms with Crippen LogP contribution >= 0.6 is 12.4 Å². The maximum absolute atomic E-state index is 5.24. The number of ether oxygens (including phenoxy) is 1. The first kappa shape index (κ1) is 16.4. The number of hydrogen-bond acceptors (Lipinski definition) is 3. The number of nitrogens with zero attached hydrogens (tertiary/aromatic N) is 1. The van der Waals surface area contributed by atoms with E-state index < -0.39 is 0 Å². The summed E-state index contributed by atoms with van der Waals surface area (Å²) in [6, 6.07) is 14.7. The minimum atomic E-state index is 0. The highest BCUT2D eigenvalue weighted by Crippen LogP contribution is 2.29. The number of nitrogens with one attached hydrogen (secondary N) is 2. The molecule has 5 heteroatoms. The third kappa shape index (κ3) is 2.74. The molecule has 2 aromatic carbocycles. The second kappa shape index (κ2) is 6.57. The fourth-order valence-corrected chi connectivity index (χ4v) is 3.16. The van der Waals surface area contributed by atoms with Crippen molar-refractivity contribution in [1.82, 2.24) is 10.3 Å². The molecule has 24 heavy (non-hydrogen) atoms. The molecule has 124 valence electrons. The molecule has 2 N–H and O–H groups in total. The van der Waals surface area contributed by atoms with Crippen LogP contribution < -0.4 is 10.1 Å². The summed E-state index contributed by atoms with van der Waals surface area (Å²) in [5, 5.41) is 4.59. The first-order valence-corrected chi connectivity index (χ1v) is 7.82. The van der Waals surface area contributed by atoms with Crippen LogP contribution in [0.5, 0.6) is 5.75 Å². The van der Waals surface area contributed by atoms with Gasteiger partial charge in [0.25, 0.3) is 0 Å². The molecule has 0 bridgehead atoms. The molecule has 0 amide bonds. The predicted molar refractivity (Wildman–Crippen MR) is 102 cm³/mol. The Morgan fingerprint density at radius 3 is 2.46 bits per heavy atom. The fourth-order valence-electron chi connectivity index (χ4n) is 3.16. The maximum Gasteiger partial charge on any atom is 0.130 e. The largest absolute Gasteiger partial charge is 0.497 e. The lowest BCUT2D eigenvalue weighted by atomic mass is 10.0. The summed E-state index contributed by atoms with van der Waals surface area (Å²) in [7, 11) is 1.69. The molecule has 1 aliphatic heterocycles. The number of halogens is 1. The Bertz CT molecular complexity index is 897. The molecule has 4 rings (SSSR count). The van der Waals surface area contributed by atoms with Crippen LogP contribution in [-0.2, 0) is 0 Å². The topological polar surface area (TPSA) is 49.4 Å². The summed E-state index contributed by atoms with van der Waals surface area (Å²) in [6.45, 7) is 3.87. The van der Waals surface area contributed by atoms with Gasteiger partial charge < -0.3 is 15.0 Å². The van der Waals surface area contributed by atoms with Gasteiger partial charge in [-0.05, 0) is 42.3 Å². The minimum Gasteiger partial charge on any atom is -0.497 e. The first-order chi connectivity index (χ1) is 11.3. The third-order valence-electron chi connectivity index (χ3n) is 4.32. The van der Waals surface area contributed by atoms with Gasteiger partial charge >= 0.3 is 0 Å². The van der Waals surface area contributed by atoms with Gasteiger partial charge in [-0.2, -0.15) is 0 Å². The number of benzene rings is 2. The number of aromatic nitrogens is 1. The Kier molecular flexibility index (Phi) is 4.49. The molecule has 0 saturated carbocycles. The van der Waals surface area contributed by atoms with E-state index in [2.05, 4.69) is 52.5 Å². The summed E-state index contributed by atoms with van der Waals surface area (Å²) in [5.74, 6) is 1.87. The normalized spacial score (nSPS) is 13.3. The van der Waals surface area contributed by atoms with Gasteiger partial charge in [0.1, 0.15) is 11.6 Å². The van der Waals surface area contributed by atoms with Crippen molar-refractivity contribution in [2.24, 2.45) is 4.99 Å². The van der Waals surface area contributed by atoms with Gasteiger partial charge in [0, 0.05) is 28.7 Å². The Balaban J connectivity index is 0.00000169. The van der Waals surface area contributed by atoms with E-state index >= 15 is 0 Å². The Labute approximate surface area is 147 Å². The number of rotatable bonds is 3. The summed E-state index contributed by atoms with van der Waals surface area (Å²) >= 11 is 0. The van der Waals surface area contributed by atoms with Crippen molar-refractivity contribution in [3.8, 4) is 16.9 Å². The van der Waals surface area contributed by atoms with Gasteiger partial charge in [-0.15, -0.1) is 12.4 Å². The zero-order valence-electron chi connectivity index (χ0n) is 13.7. The SMILES string of the molecule is COc1ccc(-c2ccc3[nH]c(C)c(C4=NCCN4)c3c2)cc1.Cl. The van der Waals surface area contributed by atoms with Gasteiger partial charge in [-0.25, -0.2) is 0 Å². The van der Waals surface area contributed by atoms with Gasteiger partial charge in [0.05, 0.1) is 13.7 Å². The van der Waals surface area contributed by atoms with Crippen LogP contribution in [0.1, 0.15) is 11.3 Å². The van der Waals surface area contributed by atoms with Crippen LogP contribution in [0, 0.1) is 6.92 Å². The van der Waals surface area contributed by atoms with Crippen LogP contribution in [0.3, 0.4) is 0 Å². The quantitative estimate of drug-likeness (QED) is 0.758. The molecule has 0 unspecified atom stereocenters. The lowest BCUT2D eigenvalue weighted by Crippen LogP contribution is -2.19. The first-order valence-electron chi connectivity index (χ1n) is 7.82. The fraction of sp³-hybridized carbons (Fsp3) is 0.211. The van der Waals surface area contributed by atoms with Gasteiger partial charge in [-0.1, -0.05) is 18.2 Å². The van der Waals surface area contributed by atoms with Gasteiger partial charge in [0.15, 0.2) is 0 Å². The molecule has 0 radical (unpaired) electrons. The number of fused-ring (bicyclic) bond motifs is 1. The second-order valence-electron chi connectivity index (χ2n) is 5.77. The average Bonchev–Trinajstić information content (AvgIpc) is 3.20. The molecular weight excluding hydrogens is 322 g/mol. The van der Waals surface area contributed by atoms with Crippen LogP contribution in [0.2, 0.25) is 0 Å². The van der Waals surface area contributed by atoms with Crippen molar-refractivity contribution < 1.29 is 4.74 Å². The molecule has 0 aliphatic carbocycles. The molecule has 1 aromatic heterocycles. The molecule has 0 saturated heterocycles. The molecule has 3 aromatic rings. The summed E-state index contributed by atoms with van der Waals surface area (Å²) in [4.78, 5) is 8.04.